The van der Waals surface area contributed by atoms with Gasteiger partial charge in [0.25, 0.3) is 0 Å². The third-order valence-corrected chi connectivity index (χ3v) is 14.6. The van der Waals surface area contributed by atoms with E-state index in [1.54, 1.807) is 0 Å². The van der Waals surface area contributed by atoms with Crippen molar-refractivity contribution >= 4 is 17.9 Å². The van der Waals surface area contributed by atoms with Crippen LogP contribution in [0.15, 0.2) is 0 Å². The zero-order valence-electron chi connectivity index (χ0n) is 46.7. The van der Waals surface area contributed by atoms with Gasteiger partial charge in [0.05, 0.1) is 0 Å². The highest BCUT2D eigenvalue weighted by Crippen LogP contribution is 2.19. The summed E-state index contributed by atoms with van der Waals surface area (Å²) in [5, 5.41) is 0. The molecule has 0 aromatic rings. The van der Waals surface area contributed by atoms with Crippen molar-refractivity contribution in [1.29, 1.82) is 0 Å². The quantitative estimate of drug-likeness (QED) is 0.0343. The molecule has 0 aliphatic carbocycles. The largest absolute Gasteiger partial charge is 0.462 e. The lowest BCUT2D eigenvalue weighted by Gasteiger charge is -2.18. The Labute approximate surface area is 425 Å². The Balaban J connectivity index is 4.19. The van der Waals surface area contributed by atoms with Crippen molar-refractivity contribution in [3.63, 3.8) is 0 Å². The smallest absolute Gasteiger partial charge is 0.306 e. The van der Waals surface area contributed by atoms with Crippen LogP contribution in [0.1, 0.15) is 349 Å². The second-order valence-electron chi connectivity index (χ2n) is 22.1. The molecule has 0 bridgehead atoms. The molecule has 0 rings (SSSR count). The van der Waals surface area contributed by atoms with E-state index in [4.69, 9.17) is 14.2 Å². The molecule has 0 saturated heterocycles. The standard InChI is InChI=1S/C62H120O6/c1-6-8-9-10-11-12-32-37-42-47-52-60(63)66-55-59(68-62(65)54-49-44-39-34-29-25-21-17-18-22-26-30-35-40-45-50-57(3)4)56-67-61(64)53-48-43-38-33-28-24-20-16-14-13-15-19-23-27-31-36-41-46-51-58(5)7-2/h57-59H,6-56H2,1-5H3/t58?,59-/m1/s1. The van der Waals surface area contributed by atoms with Gasteiger partial charge in [-0.05, 0) is 31.1 Å². The third kappa shape index (κ3) is 53.8. The van der Waals surface area contributed by atoms with E-state index in [-0.39, 0.29) is 31.1 Å². The van der Waals surface area contributed by atoms with E-state index in [1.165, 1.54) is 238 Å². The maximum Gasteiger partial charge on any atom is 0.306 e. The van der Waals surface area contributed by atoms with Crippen LogP contribution < -0.4 is 0 Å². The van der Waals surface area contributed by atoms with Gasteiger partial charge in [0.15, 0.2) is 6.10 Å². The van der Waals surface area contributed by atoms with Crippen LogP contribution in [0, 0.1) is 11.8 Å². The Bertz CT molecular complexity index is 1040. The van der Waals surface area contributed by atoms with Crippen LogP contribution in [0.5, 0.6) is 0 Å². The zero-order valence-corrected chi connectivity index (χ0v) is 46.7. The average Bonchev–Trinajstić information content (AvgIpc) is 3.32. The van der Waals surface area contributed by atoms with Crippen LogP contribution >= 0.6 is 0 Å². The lowest BCUT2D eigenvalue weighted by molar-refractivity contribution is -0.167. The Morgan fingerprint density at radius 2 is 0.559 bits per heavy atom. The predicted octanol–water partition coefficient (Wildman–Crippen LogP) is 20.4. The SMILES string of the molecule is CCCCCCCCCCCCC(=O)OC[C@H](COC(=O)CCCCCCCCCCCCCCCCCCCCC(C)CC)OC(=O)CCCCCCCCCCCCCCCCCC(C)C. The van der Waals surface area contributed by atoms with Gasteiger partial charge in [0.2, 0.25) is 0 Å². The number of carbonyl (C=O) groups is 3. The summed E-state index contributed by atoms with van der Waals surface area (Å²) in [6.45, 7) is 11.5. The molecule has 0 aliphatic heterocycles. The van der Waals surface area contributed by atoms with Gasteiger partial charge in [-0.1, -0.05) is 311 Å². The molecular weight excluding hydrogens is 841 g/mol. The number of ether oxygens (including phenoxy) is 3. The lowest BCUT2D eigenvalue weighted by Crippen LogP contribution is -2.30. The summed E-state index contributed by atoms with van der Waals surface area (Å²) < 4.78 is 16.9. The molecule has 0 N–H and O–H groups in total. The van der Waals surface area contributed by atoms with E-state index in [2.05, 4.69) is 34.6 Å². The van der Waals surface area contributed by atoms with Gasteiger partial charge in [-0.15, -0.1) is 0 Å². The Hall–Kier alpha value is -1.59. The topological polar surface area (TPSA) is 78.9 Å². The summed E-state index contributed by atoms with van der Waals surface area (Å²) in [5.74, 6) is 0.921. The number of hydrogen-bond acceptors (Lipinski definition) is 6. The molecule has 0 aromatic heterocycles. The normalized spacial score (nSPS) is 12.4. The van der Waals surface area contributed by atoms with Gasteiger partial charge in [-0.3, -0.25) is 14.4 Å². The molecule has 0 heterocycles. The van der Waals surface area contributed by atoms with Crippen LogP contribution in [0.25, 0.3) is 0 Å². The molecule has 0 radical (unpaired) electrons. The minimum atomic E-state index is -0.762. The molecule has 0 aliphatic rings. The van der Waals surface area contributed by atoms with E-state index in [9.17, 15) is 14.4 Å². The van der Waals surface area contributed by atoms with Crippen LogP contribution in [-0.4, -0.2) is 37.2 Å². The van der Waals surface area contributed by atoms with Gasteiger partial charge >= 0.3 is 17.9 Å². The van der Waals surface area contributed by atoms with E-state index >= 15 is 0 Å². The highest BCUT2D eigenvalue weighted by molar-refractivity contribution is 5.71. The lowest BCUT2D eigenvalue weighted by atomic mass is 9.99. The molecule has 404 valence electrons. The van der Waals surface area contributed by atoms with Gasteiger partial charge in [0.1, 0.15) is 13.2 Å². The van der Waals surface area contributed by atoms with Crippen molar-refractivity contribution in [3.05, 3.63) is 0 Å². The summed E-state index contributed by atoms with van der Waals surface area (Å²) in [6.07, 6.45) is 59.6. The van der Waals surface area contributed by atoms with Crippen molar-refractivity contribution in [3.8, 4) is 0 Å². The first-order valence-corrected chi connectivity index (χ1v) is 30.8. The molecule has 6 nitrogen and oxygen atoms in total. The highest BCUT2D eigenvalue weighted by Gasteiger charge is 2.19. The fourth-order valence-corrected chi connectivity index (χ4v) is 9.55. The van der Waals surface area contributed by atoms with Crippen LogP contribution in [0.3, 0.4) is 0 Å². The number of esters is 3. The monoisotopic (exact) mass is 961 g/mol. The maximum atomic E-state index is 12.9. The molecule has 0 fully saturated rings. The molecule has 6 heteroatoms. The first-order valence-electron chi connectivity index (χ1n) is 30.8. The molecule has 1 unspecified atom stereocenters. The van der Waals surface area contributed by atoms with Gasteiger partial charge < -0.3 is 14.2 Å². The summed E-state index contributed by atoms with van der Waals surface area (Å²) in [7, 11) is 0. The average molecular weight is 962 g/mol. The Kier molecular flexibility index (Phi) is 53.5. The van der Waals surface area contributed by atoms with E-state index in [1.807, 2.05) is 0 Å². The second kappa shape index (κ2) is 54.7. The second-order valence-corrected chi connectivity index (χ2v) is 22.1. The van der Waals surface area contributed by atoms with Crippen molar-refractivity contribution in [2.45, 2.75) is 355 Å². The van der Waals surface area contributed by atoms with Crippen LogP contribution in [0.4, 0.5) is 0 Å². The van der Waals surface area contributed by atoms with Crippen LogP contribution in [-0.2, 0) is 28.6 Å². The summed E-state index contributed by atoms with van der Waals surface area (Å²) in [5.41, 5.74) is 0. The molecule has 0 amide bonds. The Morgan fingerprint density at radius 3 is 0.838 bits per heavy atom. The number of unbranched alkanes of at least 4 members (excludes halogenated alkanes) is 40. The maximum absolute atomic E-state index is 12.9. The van der Waals surface area contributed by atoms with E-state index in [0.29, 0.717) is 19.3 Å². The fourth-order valence-electron chi connectivity index (χ4n) is 9.55. The number of hydrogen-bond donors (Lipinski definition) is 0. The van der Waals surface area contributed by atoms with Crippen molar-refractivity contribution < 1.29 is 28.6 Å². The first-order chi connectivity index (χ1) is 33.3. The van der Waals surface area contributed by atoms with Crippen molar-refractivity contribution in [1.82, 2.24) is 0 Å². The summed E-state index contributed by atoms with van der Waals surface area (Å²) in [4.78, 5) is 38.1. The third-order valence-electron chi connectivity index (χ3n) is 14.6. The van der Waals surface area contributed by atoms with Crippen molar-refractivity contribution in [2.24, 2.45) is 11.8 Å². The molecule has 0 saturated carbocycles. The van der Waals surface area contributed by atoms with E-state index in [0.717, 1.165) is 69.6 Å². The van der Waals surface area contributed by atoms with Gasteiger partial charge in [-0.25, -0.2) is 0 Å². The van der Waals surface area contributed by atoms with Gasteiger partial charge in [0, 0.05) is 19.3 Å². The fraction of sp³-hybridized carbons (Fsp3) is 0.952. The van der Waals surface area contributed by atoms with Gasteiger partial charge in [-0.2, -0.15) is 0 Å². The summed E-state index contributed by atoms with van der Waals surface area (Å²) >= 11 is 0. The molecule has 0 spiro atoms. The zero-order chi connectivity index (χ0) is 49.6. The van der Waals surface area contributed by atoms with E-state index < -0.39 is 6.10 Å². The number of rotatable bonds is 56. The summed E-state index contributed by atoms with van der Waals surface area (Å²) in [6, 6.07) is 0. The predicted molar refractivity (Wildman–Crippen MR) is 293 cm³/mol. The number of carbonyl (C=O) groups excluding carboxylic acids is 3. The molecule has 0 aromatic carbocycles. The molecule has 68 heavy (non-hydrogen) atoms. The minimum Gasteiger partial charge on any atom is -0.462 e. The first kappa shape index (κ1) is 66.4. The Morgan fingerprint density at radius 1 is 0.309 bits per heavy atom. The molecule has 2 atom stereocenters. The molecular formula is C62H120O6. The highest BCUT2D eigenvalue weighted by atomic mass is 16.6. The van der Waals surface area contributed by atoms with Crippen molar-refractivity contribution in [2.75, 3.05) is 13.2 Å². The van der Waals surface area contributed by atoms with Crippen LogP contribution in [0.2, 0.25) is 0 Å². The minimum absolute atomic E-state index is 0.0622.